The van der Waals surface area contributed by atoms with E-state index in [4.69, 9.17) is 14.2 Å². The zero-order chi connectivity index (χ0) is 13.5. The van der Waals surface area contributed by atoms with Crippen LogP contribution in [0, 0.1) is 0 Å². The molecular weight excluding hydrogens is 250 g/mol. The Hall–Kier alpha value is -1.92. The molecule has 2 heterocycles. The summed E-state index contributed by atoms with van der Waals surface area (Å²) in [5, 5.41) is 0. The summed E-state index contributed by atoms with van der Waals surface area (Å²) in [7, 11) is 0. The molecule has 1 saturated heterocycles. The van der Waals surface area contributed by atoms with E-state index in [-0.39, 0.29) is 6.61 Å². The van der Waals surface area contributed by atoms with Crippen LogP contribution in [-0.2, 0) is 24.8 Å². The Balaban J connectivity index is 2.09. The summed E-state index contributed by atoms with van der Waals surface area (Å²) < 4.78 is 15.9. The van der Waals surface area contributed by atoms with E-state index in [0.29, 0.717) is 24.5 Å². The minimum atomic E-state index is -1.48. The minimum Gasteiger partial charge on any atom is -0.449 e. The maximum Gasteiger partial charge on any atom is 0.421 e. The first kappa shape index (κ1) is 12.1. The van der Waals surface area contributed by atoms with Crippen molar-refractivity contribution in [3.63, 3.8) is 0 Å². The molecule has 3 rings (SSSR count). The molecule has 1 aromatic carbocycles. The third kappa shape index (κ3) is 1.57. The van der Waals surface area contributed by atoms with E-state index in [1.54, 1.807) is 31.2 Å². The zero-order valence-corrected chi connectivity index (χ0v) is 10.4. The Labute approximate surface area is 109 Å². The Morgan fingerprint density at radius 3 is 2.74 bits per heavy atom. The van der Waals surface area contributed by atoms with Crippen molar-refractivity contribution in [3.8, 4) is 0 Å². The molecule has 1 aromatic rings. The third-order valence-electron chi connectivity index (χ3n) is 3.13. The lowest BCUT2D eigenvalue weighted by Gasteiger charge is -2.20. The fourth-order valence-electron chi connectivity index (χ4n) is 2.38. The van der Waals surface area contributed by atoms with E-state index in [1.165, 1.54) is 0 Å². The molecule has 6 nitrogen and oxygen atoms in total. The summed E-state index contributed by atoms with van der Waals surface area (Å²) in [6.07, 6.45) is -0.712. The highest BCUT2D eigenvalue weighted by Gasteiger charge is 2.58. The molecule has 0 N–H and O–H groups in total. The maximum atomic E-state index is 12.5. The van der Waals surface area contributed by atoms with Crippen LogP contribution in [0.25, 0.3) is 0 Å². The summed E-state index contributed by atoms with van der Waals surface area (Å²) in [6, 6.07) is 6.90. The predicted molar refractivity (Wildman–Crippen MR) is 64.5 cm³/mol. The third-order valence-corrected chi connectivity index (χ3v) is 3.13. The van der Waals surface area contributed by atoms with Crippen LogP contribution in [0.5, 0.6) is 0 Å². The van der Waals surface area contributed by atoms with Gasteiger partial charge in [0.1, 0.15) is 0 Å². The molecule has 6 heteroatoms. The summed E-state index contributed by atoms with van der Waals surface area (Å²) >= 11 is 0. The number of amides is 2. The van der Waals surface area contributed by atoms with Gasteiger partial charge in [0.2, 0.25) is 0 Å². The van der Waals surface area contributed by atoms with Crippen molar-refractivity contribution < 1.29 is 23.8 Å². The molecule has 19 heavy (non-hydrogen) atoms. The lowest BCUT2D eigenvalue weighted by molar-refractivity contribution is -0.180. The molecule has 1 spiro atoms. The Kier molecular flexibility index (Phi) is 2.76. The van der Waals surface area contributed by atoms with Crippen molar-refractivity contribution in [2.45, 2.75) is 12.7 Å². The van der Waals surface area contributed by atoms with Crippen molar-refractivity contribution in [2.24, 2.45) is 0 Å². The first-order valence-corrected chi connectivity index (χ1v) is 6.09. The van der Waals surface area contributed by atoms with E-state index in [0.717, 1.165) is 4.90 Å². The summed E-state index contributed by atoms with van der Waals surface area (Å²) in [5.74, 6) is -2.03. The molecule has 0 saturated carbocycles. The highest BCUT2D eigenvalue weighted by Crippen LogP contribution is 2.45. The van der Waals surface area contributed by atoms with Crippen LogP contribution in [0.4, 0.5) is 10.5 Å². The number of nitrogens with zero attached hydrogens (tertiary/aromatic N) is 1. The molecule has 2 aliphatic heterocycles. The summed E-state index contributed by atoms with van der Waals surface area (Å²) in [5.41, 5.74) is 0.999. The number of carbonyl (C=O) groups excluding carboxylic acids is 2. The second-order valence-electron chi connectivity index (χ2n) is 4.17. The van der Waals surface area contributed by atoms with Gasteiger partial charge in [-0.3, -0.25) is 4.79 Å². The predicted octanol–water partition coefficient (Wildman–Crippen LogP) is 1.39. The first-order chi connectivity index (χ1) is 9.20. The van der Waals surface area contributed by atoms with Crippen molar-refractivity contribution >= 4 is 17.7 Å². The van der Waals surface area contributed by atoms with Gasteiger partial charge in [-0.05, 0) is 13.0 Å². The quantitative estimate of drug-likeness (QED) is 0.766. The van der Waals surface area contributed by atoms with Gasteiger partial charge in [-0.25, -0.2) is 9.69 Å². The summed E-state index contributed by atoms with van der Waals surface area (Å²) in [4.78, 5) is 25.4. The maximum absolute atomic E-state index is 12.5. The number of imide groups is 1. The lowest BCUT2D eigenvalue weighted by Crippen LogP contribution is -2.44. The fourth-order valence-corrected chi connectivity index (χ4v) is 2.38. The Bertz CT molecular complexity index is 536. The van der Waals surface area contributed by atoms with Crippen molar-refractivity contribution in [3.05, 3.63) is 29.8 Å². The molecule has 0 unspecified atom stereocenters. The van der Waals surface area contributed by atoms with Crippen LogP contribution >= 0.6 is 0 Å². The molecule has 0 aromatic heterocycles. The van der Waals surface area contributed by atoms with Crippen LogP contribution < -0.4 is 4.90 Å². The fraction of sp³-hybridized carbons (Fsp3) is 0.385. The van der Waals surface area contributed by atoms with Gasteiger partial charge < -0.3 is 14.2 Å². The van der Waals surface area contributed by atoms with Gasteiger partial charge in [0.25, 0.3) is 5.79 Å². The van der Waals surface area contributed by atoms with Crippen LogP contribution in [-0.4, -0.2) is 31.8 Å². The second-order valence-corrected chi connectivity index (χ2v) is 4.17. The number of carbonyl (C=O) groups is 2. The van der Waals surface area contributed by atoms with Gasteiger partial charge in [0, 0.05) is 5.56 Å². The largest absolute Gasteiger partial charge is 0.449 e. The molecule has 1 fully saturated rings. The number of hydrogen-bond acceptors (Lipinski definition) is 5. The van der Waals surface area contributed by atoms with Crippen LogP contribution in [0.15, 0.2) is 24.3 Å². The highest BCUT2D eigenvalue weighted by molar-refractivity contribution is 6.19. The van der Waals surface area contributed by atoms with Crippen molar-refractivity contribution in [2.75, 3.05) is 24.7 Å². The molecule has 0 bridgehead atoms. The number of rotatable bonds is 1. The number of anilines is 1. The Morgan fingerprint density at radius 2 is 2.05 bits per heavy atom. The van der Waals surface area contributed by atoms with Crippen LogP contribution in [0.1, 0.15) is 12.5 Å². The van der Waals surface area contributed by atoms with Gasteiger partial charge in [-0.1, -0.05) is 18.2 Å². The van der Waals surface area contributed by atoms with Crippen molar-refractivity contribution in [1.29, 1.82) is 0 Å². The van der Waals surface area contributed by atoms with Gasteiger partial charge in [-0.15, -0.1) is 0 Å². The minimum absolute atomic E-state index is 0.194. The van der Waals surface area contributed by atoms with Crippen LogP contribution in [0.3, 0.4) is 0 Å². The number of ether oxygens (including phenoxy) is 3. The highest BCUT2D eigenvalue weighted by atomic mass is 16.7. The smallest absolute Gasteiger partial charge is 0.421 e. The molecule has 2 amide bonds. The van der Waals surface area contributed by atoms with E-state index in [1.807, 2.05) is 0 Å². The number of hydrogen-bond donors (Lipinski definition) is 0. The normalized spacial score (nSPS) is 19.8. The van der Waals surface area contributed by atoms with E-state index in [9.17, 15) is 9.59 Å². The second kappa shape index (κ2) is 4.32. The number of benzene rings is 1. The van der Waals surface area contributed by atoms with Gasteiger partial charge in [-0.2, -0.15) is 0 Å². The molecule has 0 radical (unpaired) electrons. The lowest BCUT2D eigenvalue weighted by atomic mass is 10.1. The van der Waals surface area contributed by atoms with Gasteiger partial charge in [0.15, 0.2) is 0 Å². The monoisotopic (exact) mass is 263 g/mol. The SMILES string of the molecule is CCOC(=O)N1C(=O)C2(OCCO2)c2ccccc21. The zero-order valence-electron chi connectivity index (χ0n) is 10.4. The average Bonchev–Trinajstić information content (AvgIpc) is 2.98. The summed E-state index contributed by atoms with van der Waals surface area (Å²) in [6.45, 7) is 2.51. The Morgan fingerprint density at radius 1 is 1.37 bits per heavy atom. The van der Waals surface area contributed by atoms with Crippen LogP contribution in [0.2, 0.25) is 0 Å². The van der Waals surface area contributed by atoms with E-state index < -0.39 is 17.8 Å². The number of para-hydroxylation sites is 1. The van der Waals surface area contributed by atoms with E-state index in [2.05, 4.69) is 0 Å². The molecule has 0 aliphatic carbocycles. The molecule has 2 aliphatic rings. The number of fused-ring (bicyclic) bond motifs is 2. The molecule has 0 atom stereocenters. The first-order valence-electron chi connectivity index (χ1n) is 6.09. The molecule has 100 valence electrons. The van der Waals surface area contributed by atoms with Crippen molar-refractivity contribution in [1.82, 2.24) is 0 Å². The van der Waals surface area contributed by atoms with Gasteiger partial charge >= 0.3 is 12.0 Å². The standard InChI is InChI=1S/C13H13NO5/c1-2-17-12(16)14-10-6-4-3-5-9(10)13(11(14)15)18-7-8-19-13/h3-6H,2,7-8H2,1H3. The molecular formula is C13H13NO5. The average molecular weight is 263 g/mol. The van der Waals surface area contributed by atoms with Gasteiger partial charge in [0.05, 0.1) is 25.5 Å². The topological polar surface area (TPSA) is 65.1 Å². The van der Waals surface area contributed by atoms with E-state index >= 15 is 0 Å².